The summed E-state index contributed by atoms with van der Waals surface area (Å²) in [6.07, 6.45) is -0.185. The lowest BCUT2D eigenvalue weighted by Crippen LogP contribution is -2.55. The predicted octanol–water partition coefficient (Wildman–Crippen LogP) is 3.99. The van der Waals surface area contributed by atoms with Gasteiger partial charge in [0.1, 0.15) is 24.7 Å². The minimum atomic E-state index is -4.44. The van der Waals surface area contributed by atoms with Crippen LogP contribution in [0.4, 0.5) is 19.3 Å². The van der Waals surface area contributed by atoms with Crippen molar-refractivity contribution in [2.24, 2.45) is 0 Å². The molecule has 1 unspecified atom stereocenters. The number of benzene rings is 3. The first-order valence-electron chi connectivity index (χ1n) is 14.5. The molecule has 13 heteroatoms. The third kappa shape index (κ3) is 8.72. The number of rotatable bonds is 12. The summed E-state index contributed by atoms with van der Waals surface area (Å²) >= 11 is 0. The molecule has 11 nitrogen and oxygen atoms in total. The highest BCUT2D eigenvalue weighted by Crippen LogP contribution is 2.22. The largest absolute Gasteiger partial charge is 0.444 e. The van der Waals surface area contributed by atoms with Crippen LogP contribution in [0.2, 0.25) is 0 Å². The number of nitrogens with one attached hydrogen (secondary N) is 2. The van der Waals surface area contributed by atoms with Crippen molar-refractivity contribution < 1.29 is 32.7 Å². The molecule has 0 saturated carbocycles. The zero-order chi connectivity index (χ0) is 34.1. The van der Waals surface area contributed by atoms with Crippen LogP contribution in [0.5, 0.6) is 0 Å². The number of alkyl halides is 2. The van der Waals surface area contributed by atoms with Gasteiger partial charge in [-0.3, -0.25) is 29.1 Å². The first kappa shape index (κ1) is 34.2. The van der Waals surface area contributed by atoms with Gasteiger partial charge in [0.2, 0.25) is 11.7 Å². The average molecular weight is 646 g/mol. The Morgan fingerprint density at radius 3 is 2.19 bits per heavy atom. The molecule has 0 aliphatic carbocycles. The van der Waals surface area contributed by atoms with Crippen molar-refractivity contribution in [1.82, 2.24) is 19.8 Å². The average Bonchev–Trinajstić information content (AvgIpc) is 3.05. The predicted molar refractivity (Wildman–Crippen MR) is 170 cm³/mol. The topological polar surface area (TPSA) is 140 Å². The van der Waals surface area contributed by atoms with Crippen LogP contribution in [0, 0.1) is 6.92 Å². The zero-order valence-corrected chi connectivity index (χ0v) is 25.9. The fraction of sp³-hybridized carbons (Fsp3) is 0.235. The monoisotopic (exact) mass is 645 g/mol. The highest BCUT2D eigenvalue weighted by molar-refractivity contribution is 6.10. The standard InChI is InChI=1S/C34H33F2N5O6/c1-22-11-10-16-25(17-22)30-37-19-27(39-33(46)47-21-24-14-8-5-9-15-24)31(44)41(30)20-28(42)38-26(18-23-12-6-4-7-13-23)29(43)34(35,36)32(45)40(2)3/h4-17,19,26H,18,20-21H2,1-3H3,(H,38,42)(H,39,46). The Balaban J connectivity index is 1.64. The van der Waals surface area contributed by atoms with E-state index < -0.39 is 47.8 Å². The lowest BCUT2D eigenvalue weighted by molar-refractivity contribution is -0.165. The van der Waals surface area contributed by atoms with Crippen molar-refractivity contribution in [3.8, 4) is 11.4 Å². The quantitative estimate of drug-likeness (QED) is 0.222. The fourth-order valence-electron chi connectivity index (χ4n) is 4.66. The Labute approximate surface area is 269 Å². The first-order valence-corrected chi connectivity index (χ1v) is 14.5. The lowest BCUT2D eigenvalue weighted by Gasteiger charge is -2.25. The molecule has 0 aliphatic rings. The molecule has 3 aromatic carbocycles. The number of aromatic nitrogens is 2. The van der Waals surface area contributed by atoms with E-state index in [9.17, 15) is 24.0 Å². The van der Waals surface area contributed by atoms with Crippen LogP contribution in [0.25, 0.3) is 11.4 Å². The van der Waals surface area contributed by atoms with Crippen LogP contribution in [0.15, 0.2) is 95.9 Å². The molecule has 4 aromatic rings. The number of anilines is 1. The van der Waals surface area contributed by atoms with Gasteiger partial charge in [0.25, 0.3) is 5.56 Å². The van der Waals surface area contributed by atoms with Gasteiger partial charge in [-0.1, -0.05) is 84.4 Å². The zero-order valence-electron chi connectivity index (χ0n) is 25.9. The van der Waals surface area contributed by atoms with Crippen LogP contribution >= 0.6 is 0 Å². The second kappa shape index (κ2) is 15.0. The van der Waals surface area contributed by atoms with E-state index in [0.29, 0.717) is 21.6 Å². The van der Waals surface area contributed by atoms with Gasteiger partial charge >= 0.3 is 17.9 Å². The molecule has 0 spiro atoms. The Kier molecular flexibility index (Phi) is 10.9. The highest BCUT2D eigenvalue weighted by Gasteiger charge is 2.51. The van der Waals surface area contributed by atoms with Crippen LogP contribution in [0.3, 0.4) is 0 Å². The second-order valence-electron chi connectivity index (χ2n) is 10.9. The number of aryl methyl sites for hydroxylation is 1. The molecule has 0 fully saturated rings. The first-order chi connectivity index (χ1) is 22.4. The van der Waals surface area contributed by atoms with Gasteiger partial charge in [0, 0.05) is 26.1 Å². The number of carbonyl (C=O) groups excluding carboxylic acids is 4. The number of halogens is 2. The molecule has 0 aliphatic heterocycles. The van der Waals surface area contributed by atoms with Gasteiger partial charge in [0.15, 0.2) is 0 Å². The van der Waals surface area contributed by atoms with E-state index in [2.05, 4.69) is 15.6 Å². The Morgan fingerprint density at radius 2 is 1.57 bits per heavy atom. The van der Waals surface area contributed by atoms with Crippen LogP contribution in [0.1, 0.15) is 16.7 Å². The Bertz CT molecular complexity index is 1810. The molecule has 0 saturated heterocycles. The summed E-state index contributed by atoms with van der Waals surface area (Å²) in [5.41, 5.74) is 1.27. The normalized spacial score (nSPS) is 11.7. The maximum atomic E-state index is 15.0. The van der Waals surface area contributed by atoms with E-state index in [-0.39, 0.29) is 24.5 Å². The van der Waals surface area contributed by atoms with E-state index in [1.165, 1.54) is 0 Å². The molecule has 4 rings (SSSR count). The highest BCUT2D eigenvalue weighted by atomic mass is 19.3. The minimum absolute atomic E-state index is 0.0381. The van der Waals surface area contributed by atoms with E-state index in [1.807, 2.05) is 13.0 Å². The molecule has 0 bridgehead atoms. The van der Waals surface area contributed by atoms with Crippen LogP contribution in [-0.2, 0) is 38.7 Å². The van der Waals surface area contributed by atoms with E-state index in [0.717, 1.165) is 30.4 Å². The maximum absolute atomic E-state index is 15.0. The third-order valence-corrected chi connectivity index (χ3v) is 6.99. The molecule has 2 N–H and O–H groups in total. The van der Waals surface area contributed by atoms with Crippen molar-refractivity contribution in [3.63, 3.8) is 0 Å². The van der Waals surface area contributed by atoms with Crippen LogP contribution < -0.4 is 16.2 Å². The number of nitrogens with zero attached hydrogens (tertiary/aromatic N) is 3. The summed E-state index contributed by atoms with van der Waals surface area (Å²) < 4.78 is 36.2. The van der Waals surface area contributed by atoms with E-state index in [1.54, 1.807) is 78.9 Å². The summed E-state index contributed by atoms with van der Waals surface area (Å²) in [6, 6.07) is 22.0. The number of ketones is 1. The maximum Gasteiger partial charge on any atom is 0.412 e. The summed E-state index contributed by atoms with van der Waals surface area (Å²) in [4.78, 5) is 69.8. The number of amides is 3. The van der Waals surface area contributed by atoms with Crippen molar-refractivity contribution in [1.29, 1.82) is 0 Å². The molecule has 1 heterocycles. The SMILES string of the molecule is Cc1cccc(-c2ncc(NC(=O)OCc3ccccc3)c(=O)n2CC(=O)NC(Cc2ccccc2)C(=O)C(F)(F)C(=O)N(C)C)c1. The Hall–Kier alpha value is -5.72. The second-order valence-corrected chi connectivity index (χ2v) is 10.9. The molecule has 47 heavy (non-hydrogen) atoms. The number of ether oxygens (including phenoxy) is 1. The van der Waals surface area contributed by atoms with Crippen molar-refractivity contribution in [2.75, 3.05) is 19.4 Å². The number of Topliss-reactive ketones (excluding diaryl/α,β-unsaturated/α-hetero) is 1. The summed E-state index contributed by atoms with van der Waals surface area (Å²) in [5.74, 6) is -8.94. The Morgan fingerprint density at radius 1 is 0.936 bits per heavy atom. The summed E-state index contributed by atoms with van der Waals surface area (Å²) in [6.45, 7) is 0.970. The van der Waals surface area contributed by atoms with Gasteiger partial charge in [-0.25, -0.2) is 9.78 Å². The lowest BCUT2D eigenvalue weighted by atomic mass is 9.98. The summed E-state index contributed by atoms with van der Waals surface area (Å²) in [7, 11) is 2.16. The van der Waals surface area contributed by atoms with Crippen molar-refractivity contribution in [3.05, 3.63) is 118 Å². The molecular weight excluding hydrogens is 612 g/mol. The fourth-order valence-corrected chi connectivity index (χ4v) is 4.66. The van der Waals surface area contributed by atoms with Gasteiger partial charge in [-0.15, -0.1) is 0 Å². The van der Waals surface area contributed by atoms with E-state index in [4.69, 9.17) is 4.74 Å². The third-order valence-electron chi connectivity index (χ3n) is 6.99. The van der Waals surface area contributed by atoms with Gasteiger partial charge in [0.05, 0.1) is 12.2 Å². The molecular formula is C34H33F2N5O6. The minimum Gasteiger partial charge on any atom is -0.444 e. The van der Waals surface area contributed by atoms with Crippen molar-refractivity contribution >= 4 is 29.4 Å². The molecule has 1 aromatic heterocycles. The van der Waals surface area contributed by atoms with Crippen LogP contribution in [-0.4, -0.2) is 64.2 Å². The van der Waals surface area contributed by atoms with Gasteiger partial charge in [-0.05, 0) is 24.1 Å². The van der Waals surface area contributed by atoms with Crippen molar-refractivity contribution in [2.45, 2.75) is 38.5 Å². The van der Waals surface area contributed by atoms with E-state index >= 15 is 8.78 Å². The molecule has 0 radical (unpaired) electrons. The molecule has 1 atom stereocenters. The number of carbonyl (C=O) groups is 4. The van der Waals surface area contributed by atoms with Gasteiger partial charge < -0.3 is 15.0 Å². The smallest absolute Gasteiger partial charge is 0.412 e. The number of hydrogen-bond donors (Lipinski definition) is 2. The molecule has 3 amide bonds. The summed E-state index contributed by atoms with van der Waals surface area (Å²) in [5, 5.41) is 4.63. The molecule has 244 valence electrons. The van der Waals surface area contributed by atoms with Gasteiger partial charge in [-0.2, -0.15) is 8.78 Å². The number of hydrogen-bond acceptors (Lipinski definition) is 7.